The van der Waals surface area contributed by atoms with Crippen LogP contribution in [-0.4, -0.2) is 15.9 Å². The van der Waals surface area contributed by atoms with Crippen LogP contribution in [0.15, 0.2) is 0 Å². The van der Waals surface area contributed by atoms with E-state index in [4.69, 9.17) is 10.5 Å². The van der Waals surface area contributed by atoms with Crippen molar-refractivity contribution in [3.63, 3.8) is 0 Å². The zero-order valence-electron chi connectivity index (χ0n) is 10.4. The van der Waals surface area contributed by atoms with Crippen molar-refractivity contribution in [1.82, 2.24) is 9.78 Å². The van der Waals surface area contributed by atoms with E-state index in [9.17, 15) is 0 Å². The van der Waals surface area contributed by atoms with Crippen molar-refractivity contribution >= 4 is 5.69 Å². The molecule has 1 aromatic rings. The van der Waals surface area contributed by atoms with Crippen LogP contribution < -0.4 is 10.5 Å². The van der Waals surface area contributed by atoms with Crippen LogP contribution in [0.3, 0.4) is 0 Å². The number of aryl methyl sites for hydroxylation is 2. The Bertz CT molecular complexity index is 373. The number of rotatable bonds is 2. The van der Waals surface area contributed by atoms with E-state index < -0.39 is 0 Å². The fraction of sp³-hybridized carbons (Fsp3) is 0.750. The minimum absolute atomic E-state index is 0.297. The lowest BCUT2D eigenvalue weighted by Gasteiger charge is -2.29. The smallest absolute Gasteiger partial charge is 0.236 e. The molecule has 0 spiro atoms. The van der Waals surface area contributed by atoms with Gasteiger partial charge in [-0.3, -0.25) is 0 Å². The van der Waals surface area contributed by atoms with Crippen LogP contribution in [-0.2, 0) is 7.05 Å². The van der Waals surface area contributed by atoms with Gasteiger partial charge in [0.1, 0.15) is 11.8 Å². The molecule has 1 saturated carbocycles. The number of hydrogen-bond acceptors (Lipinski definition) is 3. The normalized spacial score (nSPS) is 25.7. The molecule has 1 heterocycles. The Labute approximate surface area is 96.8 Å². The summed E-state index contributed by atoms with van der Waals surface area (Å²) >= 11 is 0. The summed E-state index contributed by atoms with van der Waals surface area (Å²) in [6.07, 6.45) is 5.25. The van der Waals surface area contributed by atoms with Gasteiger partial charge >= 0.3 is 0 Å². The zero-order chi connectivity index (χ0) is 11.7. The monoisotopic (exact) mass is 223 g/mol. The Morgan fingerprint density at radius 2 is 2.06 bits per heavy atom. The van der Waals surface area contributed by atoms with Crippen molar-refractivity contribution in [1.29, 1.82) is 0 Å². The van der Waals surface area contributed by atoms with Gasteiger partial charge in [-0.05, 0) is 32.1 Å². The summed E-state index contributed by atoms with van der Waals surface area (Å²) in [6.45, 7) is 4.16. The third-order valence-electron chi connectivity index (χ3n) is 3.51. The first-order chi connectivity index (χ1) is 7.59. The summed E-state index contributed by atoms with van der Waals surface area (Å²) in [7, 11) is 1.88. The highest BCUT2D eigenvalue weighted by molar-refractivity contribution is 5.52. The van der Waals surface area contributed by atoms with Crippen molar-refractivity contribution in [2.24, 2.45) is 13.0 Å². The molecule has 90 valence electrons. The van der Waals surface area contributed by atoms with Crippen molar-refractivity contribution in [2.45, 2.75) is 45.6 Å². The second-order valence-corrected chi connectivity index (χ2v) is 4.85. The van der Waals surface area contributed by atoms with E-state index in [-0.39, 0.29) is 0 Å². The van der Waals surface area contributed by atoms with Gasteiger partial charge in [0.05, 0.1) is 5.69 Å². The molecule has 0 bridgehead atoms. The highest BCUT2D eigenvalue weighted by atomic mass is 16.5. The van der Waals surface area contributed by atoms with Gasteiger partial charge in [-0.2, -0.15) is 5.10 Å². The molecule has 1 aromatic heterocycles. The van der Waals surface area contributed by atoms with Gasteiger partial charge in [0.15, 0.2) is 0 Å². The van der Waals surface area contributed by atoms with E-state index in [2.05, 4.69) is 12.0 Å². The summed E-state index contributed by atoms with van der Waals surface area (Å²) in [5.41, 5.74) is 7.49. The maximum absolute atomic E-state index is 6.03. The average Bonchev–Trinajstić information content (AvgIpc) is 2.48. The quantitative estimate of drug-likeness (QED) is 0.836. The SMILES string of the molecule is Cc1nn(C)c(OC2CCCCC2C)c1N. The number of ether oxygens (including phenoxy) is 1. The summed E-state index contributed by atoms with van der Waals surface area (Å²) in [4.78, 5) is 0. The molecule has 2 atom stereocenters. The predicted molar refractivity (Wildman–Crippen MR) is 64.4 cm³/mol. The van der Waals surface area contributed by atoms with E-state index in [1.165, 1.54) is 19.3 Å². The van der Waals surface area contributed by atoms with Crippen molar-refractivity contribution in [3.05, 3.63) is 5.69 Å². The van der Waals surface area contributed by atoms with Crippen molar-refractivity contribution in [2.75, 3.05) is 5.73 Å². The van der Waals surface area contributed by atoms with Gasteiger partial charge in [-0.15, -0.1) is 0 Å². The Hall–Kier alpha value is -1.19. The first kappa shape index (κ1) is 11.3. The fourth-order valence-corrected chi connectivity index (χ4v) is 2.39. The standard InChI is InChI=1S/C12H21N3O/c1-8-6-4-5-7-10(8)16-12-11(13)9(2)14-15(12)3/h8,10H,4-7,13H2,1-3H3. The van der Waals surface area contributed by atoms with Crippen LogP contribution in [0.25, 0.3) is 0 Å². The van der Waals surface area contributed by atoms with Gasteiger partial charge in [0.2, 0.25) is 5.88 Å². The van der Waals surface area contributed by atoms with Crippen LogP contribution in [0.2, 0.25) is 0 Å². The lowest BCUT2D eigenvalue weighted by molar-refractivity contribution is 0.0937. The Morgan fingerprint density at radius 3 is 2.62 bits per heavy atom. The van der Waals surface area contributed by atoms with Gasteiger partial charge in [0.25, 0.3) is 0 Å². The highest BCUT2D eigenvalue weighted by Gasteiger charge is 2.25. The molecule has 1 aliphatic carbocycles. The molecule has 0 aliphatic heterocycles. The number of anilines is 1. The van der Waals surface area contributed by atoms with E-state index in [0.717, 1.165) is 18.0 Å². The molecule has 0 saturated heterocycles. The molecule has 0 aromatic carbocycles. The maximum atomic E-state index is 6.03. The molecule has 4 nitrogen and oxygen atoms in total. The summed E-state index contributed by atoms with van der Waals surface area (Å²) in [5.74, 6) is 1.35. The summed E-state index contributed by atoms with van der Waals surface area (Å²) < 4.78 is 7.77. The maximum Gasteiger partial charge on any atom is 0.236 e. The van der Waals surface area contributed by atoms with Crippen LogP contribution >= 0.6 is 0 Å². The van der Waals surface area contributed by atoms with Crippen molar-refractivity contribution in [3.8, 4) is 5.88 Å². The molecule has 4 heteroatoms. The predicted octanol–water partition coefficient (Wildman–Crippen LogP) is 2.27. The van der Waals surface area contributed by atoms with Gasteiger partial charge in [-0.1, -0.05) is 13.3 Å². The minimum atomic E-state index is 0.297. The second kappa shape index (κ2) is 4.36. The summed E-state index contributed by atoms with van der Waals surface area (Å²) in [5, 5.41) is 4.27. The van der Waals surface area contributed by atoms with Gasteiger partial charge < -0.3 is 10.5 Å². The Kier molecular flexibility index (Phi) is 3.08. The van der Waals surface area contributed by atoms with Crippen LogP contribution in [0.5, 0.6) is 5.88 Å². The number of aromatic nitrogens is 2. The van der Waals surface area contributed by atoms with Gasteiger partial charge in [0, 0.05) is 7.05 Å². The Balaban J connectivity index is 2.13. The Morgan fingerprint density at radius 1 is 1.38 bits per heavy atom. The van der Waals surface area contributed by atoms with Crippen LogP contribution in [0.4, 0.5) is 5.69 Å². The molecule has 2 N–H and O–H groups in total. The molecule has 1 fully saturated rings. The highest BCUT2D eigenvalue weighted by Crippen LogP contribution is 2.31. The van der Waals surface area contributed by atoms with Crippen molar-refractivity contribution < 1.29 is 4.74 Å². The largest absolute Gasteiger partial charge is 0.473 e. The molecule has 0 amide bonds. The third-order valence-corrected chi connectivity index (χ3v) is 3.51. The number of nitrogens with zero attached hydrogens (tertiary/aromatic N) is 2. The molecule has 2 rings (SSSR count). The minimum Gasteiger partial charge on any atom is -0.473 e. The molecule has 2 unspecified atom stereocenters. The molecule has 0 radical (unpaired) electrons. The van der Waals surface area contributed by atoms with E-state index in [0.29, 0.717) is 17.7 Å². The third kappa shape index (κ3) is 2.01. The first-order valence-electron chi connectivity index (χ1n) is 6.05. The number of nitrogen functional groups attached to an aromatic ring is 1. The topological polar surface area (TPSA) is 53.1 Å². The molecule has 1 aliphatic rings. The molecular weight excluding hydrogens is 202 g/mol. The zero-order valence-corrected chi connectivity index (χ0v) is 10.4. The number of nitrogens with two attached hydrogens (primary N) is 1. The fourth-order valence-electron chi connectivity index (χ4n) is 2.39. The van der Waals surface area contributed by atoms with Gasteiger partial charge in [-0.25, -0.2) is 4.68 Å². The van der Waals surface area contributed by atoms with E-state index in [1.54, 1.807) is 4.68 Å². The molecular formula is C12H21N3O. The average molecular weight is 223 g/mol. The number of hydrogen-bond donors (Lipinski definition) is 1. The summed E-state index contributed by atoms with van der Waals surface area (Å²) in [6, 6.07) is 0. The second-order valence-electron chi connectivity index (χ2n) is 4.85. The van der Waals surface area contributed by atoms with Crippen LogP contribution in [0.1, 0.15) is 38.3 Å². The van der Waals surface area contributed by atoms with E-state index >= 15 is 0 Å². The lowest BCUT2D eigenvalue weighted by atomic mass is 9.88. The first-order valence-corrected chi connectivity index (χ1v) is 6.05. The van der Waals surface area contributed by atoms with Crippen LogP contribution in [0, 0.1) is 12.8 Å². The molecule has 16 heavy (non-hydrogen) atoms. The van der Waals surface area contributed by atoms with E-state index in [1.807, 2.05) is 14.0 Å². The lowest BCUT2D eigenvalue weighted by Crippen LogP contribution is -2.29.